The number of aryl methyl sites for hydroxylation is 1. The summed E-state index contributed by atoms with van der Waals surface area (Å²) in [7, 11) is 0. The van der Waals surface area contributed by atoms with Crippen LogP contribution >= 0.6 is 0 Å². The maximum atomic E-state index is 13.9. The Balaban J connectivity index is 1.46. The number of hydrogen-bond acceptors (Lipinski definition) is 5. The average molecular weight is 470 g/mol. The molecule has 7 nitrogen and oxygen atoms in total. The number of nitrogens with two attached hydrogens (primary N) is 1. The first kappa shape index (κ1) is 22.1. The zero-order valence-electron chi connectivity index (χ0n) is 18.7. The highest BCUT2D eigenvalue weighted by molar-refractivity contribution is 5.94. The van der Waals surface area contributed by atoms with Crippen LogP contribution in [0.25, 0.3) is 28.2 Å². The van der Waals surface area contributed by atoms with Gasteiger partial charge in [0.15, 0.2) is 23.1 Å². The zero-order chi connectivity index (χ0) is 24.5. The molecule has 35 heavy (non-hydrogen) atoms. The minimum absolute atomic E-state index is 0.138. The molecule has 9 heteroatoms. The van der Waals surface area contributed by atoms with Gasteiger partial charge in [0.05, 0.1) is 11.1 Å². The molecule has 5 aromatic rings. The van der Waals surface area contributed by atoms with Gasteiger partial charge in [-0.25, -0.2) is 23.7 Å². The van der Waals surface area contributed by atoms with Crippen LogP contribution in [0.2, 0.25) is 0 Å². The standard InChI is InChI=1S/C26H20F2N6O/c1-15-12-21-25(31-13-15)34(24(33-21)19-5-3-11-30-23(19)29)17-9-7-16(8-10-17)14-32-26(35)18-4-2-6-20(27)22(18)28/h2-13H,14H2,1H3,(H2,29,30)(H,32,35). The number of fused-ring (bicyclic) bond motifs is 1. The Morgan fingerprint density at radius 2 is 1.86 bits per heavy atom. The van der Waals surface area contributed by atoms with E-state index in [1.165, 1.54) is 12.1 Å². The van der Waals surface area contributed by atoms with E-state index in [1.807, 2.05) is 47.9 Å². The molecule has 0 bridgehead atoms. The number of hydrogen-bond donors (Lipinski definition) is 2. The molecule has 3 heterocycles. The number of rotatable bonds is 5. The number of imidazole rings is 1. The monoisotopic (exact) mass is 470 g/mol. The molecule has 0 atom stereocenters. The number of pyridine rings is 2. The number of aromatic nitrogens is 4. The molecule has 0 unspecified atom stereocenters. The normalized spacial score (nSPS) is 11.1. The number of halogens is 2. The summed E-state index contributed by atoms with van der Waals surface area (Å²) < 4.78 is 29.2. The molecule has 0 saturated heterocycles. The van der Waals surface area contributed by atoms with Crippen molar-refractivity contribution < 1.29 is 13.6 Å². The van der Waals surface area contributed by atoms with E-state index >= 15 is 0 Å². The third kappa shape index (κ3) is 4.19. The van der Waals surface area contributed by atoms with Crippen molar-refractivity contribution in [2.45, 2.75) is 13.5 Å². The van der Waals surface area contributed by atoms with Crippen LogP contribution in [0, 0.1) is 18.6 Å². The van der Waals surface area contributed by atoms with Crippen molar-refractivity contribution in [3.8, 4) is 17.1 Å². The number of anilines is 1. The number of carbonyl (C=O) groups is 1. The fraction of sp³-hybridized carbons (Fsp3) is 0.0769. The first-order valence-electron chi connectivity index (χ1n) is 10.8. The van der Waals surface area contributed by atoms with Gasteiger partial charge in [-0.3, -0.25) is 9.36 Å². The Labute approximate surface area is 199 Å². The summed E-state index contributed by atoms with van der Waals surface area (Å²) in [5.74, 6) is -1.97. The molecule has 0 spiro atoms. The van der Waals surface area contributed by atoms with E-state index in [9.17, 15) is 13.6 Å². The van der Waals surface area contributed by atoms with Gasteiger partial charge in [0, 0.05) is 24.6 Å². The summed E-state index contributed by atoms with van der Waals surface area (Å²) in [6.07, 6.45) is 3.39. The first-order valence-corrected chi connectivity index (χ1v) is 10.8. The van der Waals surface area contributed by atoms with Crippen LogP contribution in [0.3, 0.4) is 0 Å². The van der Waals surface area contributed by atoms with Crippen molar-refractivity contribution in [2.24, 2.45) is 0 Å². The van der Waals surface area contributed by atoms with E-state index in [2.05, 4.69) is 15.3 Å². The quantitative estimate of drug-likeness (QED) is 0.392. The predicted octanol–water partition coefficient (Wildman–Crippen LogP) is 4.58. The highest BCUT2D eigenvalue weighted by Gasteiger charge is 2.18. The molecule has 0 aliphatic heterocycles. The van der Waals surface area contributed by atoms with Crippen molar-refractivity contribution in [2.75, 3.05) is 5.73 Å². The van der Waals surface area contributed by atoms with Crippen LogP contribution in [0.4, 0.5) is 14.6 Å². The third-order valence-corrected chi connectivity index (χ3v) is 5.56. The number of benzene rings is 2. The maximum Gasteiger partial charge on any atom is 0.254 e. The average Bonchev–Trinajstić information content (AvgIpc) is 3.23. The molecular weight excluding hydrogens is 450 g/mol. The van der Waals surface area contributed by atoms with Gasteiger partial charge < -0.3 is 11.1 Å². The maximum absolute atomic E-state index is 13.9. The van der Waals surface area contributed by atoms with Gasteiger partial charge in [-0.15, -0.1) is 0 Å². The van der Waals surface area contributed by atoms with Crippen LogP contribution in [0.1, 0.15) is 21.5 Å². The highest BCUT2D eigenvalue weighted by Crippen LogP contribution is 2.30. The predicted molar refractivity (Wildman–Crippen MR) is 129 cm³/mol. The van der Waals surface area contributed by atoms with Crippen LogP contribution in [0.5, 0.6) is 0 Å². The number of nitrogen functional groups attached to an aromatic ring is 1. The van der Waals surface area contributed by atoms with Crippen LogP contribution < -0.4 is 11.1 Å². The molecule has 0 fully saturated rings. The summed E-state index contributed by atoms with van der Waals surface area (Å²) in [5.41, 5.74) is 10.4. The zero-order valence-corrected chi connectivity index (χ0v) is 18.7. The summed E-state index contributed by atoms with van der Waals surface area (Å²) in [4.78, 5) is 25.8. The Morgan fingerprint density at radius 1 is 1.06 bits per heavy atom. The van der Waals surface area contributed by atoms with Crippen LogP contribution in [-0.4, -0.2) is 25.4 Å². The summed E-state index contributed by atoms with van der Waals surface area (Å²) in [6.45, 7) is 2.09. The van der Waals surface area contributed by atoms with Gasteiger partial charge in [-0.1, -0.05) is 18.2 Å². The lowest BCUT2D eigenvalue weighted by Crippen LogP contribution is -2.24. The summed E-state index contributed by atoms with van der Waals surface area (Å²) >= 11 is 0. The lowest BCUT2D eigenvalue weighted by atomic mass is 10.1. The van der Waals surface area contributed by atoms with Gasteiger partial charge >= 0.3 is 0 Å². The van der Waals surface area contributed by atoms with E-state index in [1.54, 1.807) is 18.5 Å². The molecule has 0 aliphatic carbocycles. The van der Waals surface area contributed by atoms with E-state index < -0.39 is 17.5 Å². The molecular formula is C26H20F2N6O. The van der Waals surface area contributed by atoms with Crippen molar-refractivity contribution in [1.82, 2.24) is 24.8 Å². The fourth-order valence-electron chi connectivity index (χ4n) is 3.82. The van der Waals surface area contributed by atoms with Crippen molar-refractivity contribution in [3.63, 3.8) is 0 Å². The smallest absolute Gasteiger partial charge is 0.254 e. The highest BCUT2D eigenvalue weighted by atomic mass is 19.2. The number of carbonyl (C=O) groups excluding carboxylic acids is 1. The Bertz CT molecular complexity index is 1560. The summed E-state index contributed by atoms with van der Waals surface area (Å²) in [5, 5.41) is 2.62. The molecule has 0 radical (unpaired) electrons. The fourth-order valence-corrected chi connectivity index (χ4v) is 3.82. The molecule has 0 saturated carbocycles. The molecule has 5 rings (SSSR count). The second-order valence-corrected chi connectivity index (χ2v) is 8.01. The van der Waals surface area contributed by atoms with Gasteiger partial charge in [-0.05, 0) is 60.5 Å². The minimum Gasteiger partial charge on any atom is -0.383 e. The van der Waals surface area contributed by atoms with E-state index in [-0.39, 0.29) is 12.1 Å². The minimum atomic E-state index is -1.17. The first-order chi connectivity index (χ1) is 16.9. The van der Waals surface area contributed by atoms with E-state index in [0.29, 0.717) is 22.9 Å². The molecule has 1 amide bonds. The second kappa shape index (κ2) is 8.94. The molecule has 3 N–H and O–H groups in total. The Hall–Kier alpha value is -4.66. The van der Waals surface area contributed by atoms with Gasteiger partial charge in [0.2, 0.25) is 0 Å². The van der Waals surface area contributed by atoms with Gasteiger partial charge in [0.25, 0.3) is 5.91 Å². The molecule has 2 aromatic carbocycles. The van der Waals surface area contributed by atoms with Crippen LogP contribution in [0.15, 0.2) is 73.1 Å². The SMILES string of the molecule is Cc1cnc2c(c1)nc(-c1cccnc1N)n2-c1ccc(CNC(=O)c2cccc(F)c2F)cc1. The summed E-state index contributed by atoms with van der Waals surface area (Å²) in [6, 6.07) is 16.5. The van der Waals surface area contributed by atoms with Crippen LogP contribution in [-0.2, 0) is 6.54 Å². The molecule has 174 valence electrons. The largest absolute Gasteiger partial charge is 0.383 e. The lowest BCUT2D eigenvalue weighted by molar-refractivity contribution is 0.0946. The van der Waals surface area contributed by atoms with E-state index in [4.69, 9.17) is 10.7 Å². The molecule has 3 aromatic heterocycles. The van der Waals surface area contributed by atoms with Crippen molar-refractivity contribution in [1.29, 1.82) is 0 Å². The lowest BCUT2D eigenvalue weighted by Gasteiger charge is -2.11. The van der Waals surface area contributed by atoms with Gasteiger partial charge in [-0.2, -0.15) is 0 Å². The molecule has 0 aliphatic rings. The topological polar surface area (TPSA) is 98.7 Å². The third-order valence-electron chi connectivity index (χ3n) is 5.56. The Kier molecular flexibility index (Phi) is 5.66. The number of amides is 1. The van der Waals surface area contributed by atoms with Crippen molar-refractivity contribution in [3.05, 3.63) is 101 Å². The van der Waals surface area contributed by atoms with E-state index in [0.717, 1.165) is 28.4 Å². The number of nitrogens with one attached hydrogen (secondary N) is 1. The van der Waals surface area contributed by atoms with Crippen molar-refractivity contribution >= 4 is 22.9 Å². The number of nitrogens with zero attached hydrogens (tertiary/aromatic N) is 4. The second-order valence-electron chi connectivity index (χ2n) is 8.01. The van der Waals surface area contributed by atoms with Gasteiger partial charge in [0.1, 0.15) is 11.3 Å². The Morgan fingerprint density at radius 3 is 2.63 bits per heavy atom.